The van der Waals surface area contributed by atoms with Crippen LogP contribution in [0.25, 0.3) is 11.3 Å². The molecule has 0 aliphatic heterocycles. The summed E-state index contributed by atoms with van der Waals surface area (Å²) in [5.74, 6) is -1.50. The summed E-state index contributed by atoms with van der Waals surface area (Å²) in [7, 11) is 0. The number of hydrogen-bond donors (Lipinski definition) is 3. The highest BCUT2D eigenvalue weighted by atomic mass is 32.1. The largest absolute Gasteiger partial charge is 0.479 e. The minimum atomic E-state index is -1.35. The Morgan fingerprint density at radius 3 is 2.77 bits per heavy atom. The van der Waals surface area contributed by atoms with Gasteiger partial charge in [0, 0.05) is 35.6 Å². The average molecular weight is 377 g/mol. The molecule has 8 heteroatoms. The van der Waals surface area contributed by atoms with Crippen LogP contribution in [0.1, 0.15) is 42.7 Å². The first-order valence-electron chi connectivity index (χ1n) is 8.49. The van der Waals surface area contributed by atoms with E-state index in [2.05, 4.69) is 15.3 Å². The lowest BCUT2D eigenvalue weighted by molar-refractivity contribution is -0.190. The number of ether oxygens (including phenoxy) is 1. The molecule has 2 atom stereocenters. The zero-order valence-electron chi connectivity index (χ0n) is 15.3. The maximum Gasteiger partial charge on any atom is 0.330 e. The molecule has 2 aromatic rings. The van der Waals surface area contributed by atoms with Gasteiger partial charge in [0.15, 0.2) is 0 Å². The number of nitrogens with one attached hydrogen (secondary N) is 2. The first-order valence-corrected chi connectivity index (χ1v) is 9.37. The lowest BCUT2D eigenvalue weighted by Gasteiger charge is -2.58. The maximum atomic E-state index is 12.7. The number of H-pyrrole nitrogens is 1. The summed E-state index contributed by atoms with van der Waals surface area (Å²) in [5, 5.41) is 15.4. The lowest BCUT2D eigenvalue weighted by Crippen LogP contribution is -2.76. The Kier molecular flexibility index (Phi) is 4.66. The Morgan fingerprint density at radius 2 is 2.23 bits per heavy atom. The number of aryl methyl sites for hydroxylation is 1. The van der Waals surface area contributed by atoms with Gasteiger partial charge in [-0.05, 0) is 19.9 Å². The Bertz CT molecular complexity index is 841. The second kappa shape index (κ2) is 6.51. The molecule has 2 unspecified atom stereocenters. The van der Waals surface area contributed by atoms with Crippen molar-refractivity contribution >= 4 is 23.2 Å². The topological polar surface area (TPSA) is 104 Å². The highest BCUT2D eigenvalue weighted by Gasteiger charge is 2.66. The minimum Gasteiger partial charge on any atom is -0.479 e. The molecule has 1 amide bonds. The van der Waals surface area contributed by atoms with Crippen LogP contribution in [0.4, 0.5) is 0 Å². The standard InChI is InChI=1S/C18H23N3O4S/c1-5-25-14-7-18(16(23)24,17(14,3)4)21-15(22)12-6-11(8-19-12)13-9-26-10(2)20-13/h6,8-9,14,19H,5,7H2,1-4H3,(H,21,22)(H,23,24). The van der Waals surface area contributed by atoms with Crippen LogP contribution in [0.15, 0.2) is 17.6 Å². The van der Waals surface area contributed by atoms with E-state index in [1.54, 1.807) is 12.3 Å². The number of aromatic amines is 1. The first kappa shape index (κ1) is 18.6. The van der Waals surface area contributed by atoms with Gasteiger partial charge < -0.3 is 20.1 Å². The fourth-order valence-corrected chi connectivity index (χ4v) is 4.09. The van der Waals surface area contributed by atoms with E-state index in [4.69, 9.17) is 4.74 Å². The molecule has 1 saturated carbocycles. The second-order valence-corrected chi connectivity index (χ2v) is 8.15. The Labute approximate surface area is 155 Å². The van der Waals surface area contributed by atoms with E-state index in [-0.39, 0.29) is 12.5 Å². The maximum absolute atomic E-state index is 12.7. The highest BCUT2D eigenvalue weighted by Crippen LogP contribution is 2.51. The SMILES string of the molecule is CCOC1CC(NC(=O)c2cc(-c3csc(C)n3)c[nH]2)(C(=O)O)C1(C)C. The van der Waals surface area contributed by atoms with Gasteiger partial charge >= 0.3 is 5.97 Å². The average Bonchev–Trinajstić information content (AvgIpc) is 3.22. The van der Waals surface area contributed by atoms with Crippen LogP contribution in [-0.4, -0.2) is 45.2 Å². The first-order chi connectivity index (χ1) is 12.2. The molecular weight excluding hydrogens is 354 g/mol. The zero-order valence-corrected chi connectivity index (χ0v) is 16.1. The van der Waals surface area contributed by atoms with Gasteiger partial charge in [0.2, 0.25) is 0 Å². The number of carboxylic acid groups (broad SMARTS) is 1. The molecule has 1 aliphatic rings. The van der Waals surface area contributed by atoms with Crippen LogP contribution in [0.2, 0.25) is 0 Å². The van der Waals surface area contributed by atoms with Crippen molar-refractivity contribution < 1.29 is 19.4 Å². The van der Waals surface area contributed by atoms with E-state index >= 15 is 0 Å². The second-order valence-electron chi connectivity index (χ2n) is 7.09. The number of amides is 1. The Balaban J connectivity index is 1.80. The molecule has 1 fully saturated rings. The van der Waals surface area contributed by atoms with Gasteiger partial charge in [0.1, 0.15) is 11.2 Å². The van der Waals surface area contributed by atoms with Gasteiger partial charge in [-0.25, -0.2) is 9.78 Å². The molecule has 0 spiro atoms. The van der Waals surface area contributed by atoms with Crippen molar-refractivity contribution in [2.45, 2.75) is 45.8 Å². The van der Waals surface area contributed by atoms with Crippen molar-refractivity contribution in [3.8, 4) is 11.3 Å². The third-order valence-corrected chi connectivity index (χ3v) is 6.07. The summed E-state index contributed by atoms with van der Waals surface area (Å²) in [6.07, 6.45) is 1.74. The fourth-order valence-electron chi connectivity index (χ4n) is 3.47. The van der Waals surface area contributed by atoms with Crippen LogP contribution in [0.5, 0.6) is 0 Å². The smallest absolute Gasteiger partial charge is 0.330 e. The van der Waals surface area contributed by atoms with Crippen molar-refractivity contribution in [2.75, 3.05) is 6.61 Å². The van der Waals surface area contributed by atoms with E-state index < -0.39 is 22.8 Å². The number of hydrogen-bond acceptors (Lipinski definition) is 5. The lowest BCUT2D eigenvalue weighted by atomic mass is 9.54. The molecule has 1 aliphatic carbocycles. The number of carboxylic acids is 1. The number of aliphatic carboxylic acids is 1. The van der Waals surface area contributed by atoms with Gasteiger partial charge in [-0.1, -0.05) is 13.8 Å². The summed E-state index contributed by atoms with van der Waals surface area (Å²) in [6.45, 7) is 7.91. The van der Waals surface area contributed by atoms with Gasteiger partial charge in [0.25, 0.3) is 5.91 Å². The normalized spacial score (nSPS) is 24.1. The molecule has 26 heavy (non-hydrogen) atoms. The number of thiazole rings is 1. The number of aromatic nitrogens is 2. The molecule has 0 aromatic carbocycles. The highest BCUT2D eigenvalue weighted by molar-refractivity contribution is 7.09. The number of rotatable bonds is 6. The predicted octanol–water partition coefficient (Wildman–Crippen LogP) is 2.83. The third kappa shape index (κ3) is 2.83. The number of nitrogens with zero attached hydrogens (tertiary/aromatic N) is 1. The fraction of sp³-hybridized carbons (Fsp3) is 0.500. The molecule has 2 heterocycles. The molecule has 2 aromatic heterocycles. The third-order valence-electron chi connectivity index (χ3n) is 5.30. The van der Waals surface area contributed by atoms with Crippen LogP contribution in [0.3, 0.4) is 0 Å². The van der Waals surface area contributed by atoms with Crippen LogP contribution in [0, 0.1) is 12.3 Å². The van der Waals surface area contributed by atoms with Crippen LogP contribution >= 0.6 is 11.3 Å². The summed E-state index contributed by atoms with van der Waals surface area (Å²) < 4.78 is 5.62. The molecule has 3 rings (SSSR count). The van der Waals surface area contributed by atoms with Crippen molar-refractivity contribution in [3.63, 3.8) is 0 Å². The van der Waals surface area contributed by atoms with E-state index in [1.807, 2.05) is 33.1 Å². The summed E-state index contributed by atoms with van der Waals surface area (Å²) in [4.78, 5) is 32.0. The van der Waals surface area contributed by atoms with Crippen molar-refractivity contribution in [2.24, 2.45) is 5.41 Å². The van der Waals surface area contributed by atoms with Gasteiger partial charge in [-0.15, -0.1) is 11.3 Å². The molecule has 140 valence electrons. The Morgan fingerprint density at radius 1 is 1.50 bits per heavy atom. The van der Waals surface area contributed by atoms with E-state index in [0.717, 1.165) is 16.3 Å². The van der Waals surface area contributed by atoms with Crippen LogP contribution in [-0.2, 0) is 9.53 Å². The van der Waals surface area contributed by atoms with Crippen LogP contribution < -0.4 is 5.32 Å². The summed E-state index contributed by atoms with van der Waals surface area (Å²) >= 11 is 1.53. The monoisotopic (exact) mass is 377 g/mol. The predicted molar refractivity (Wildman–Crippen MR) is 98.3 cm³/mol. The summed E-state index contributed by atoms with van der Waals surface area (Å²) in [5.41, 5.74) is -0.180. The molecule has 0 saturated heterocycles. The molecule has 0 bridgehead atoms. The van der Waals surface area contributed by atoms with E-state index in [1.165, 1.54) is 11.3 Å². The number of carbonyl (C=O) groups is 2. The molecule has 7 nitrogen and oxygen atoms in total. The minimum absolute atomic E-state index is 0.207. The molecule has 3 N–H and O–H groups in total. The van der Waals surface area contributed by atoms with Crippen molar-refractivity contribution in [1.29, 1.82) is 0 Å². The van der Waals surface area contributed by atoms with Gasteiger partial charge in [0.05, 0.1) is 16.8 Å². The summed E-state index contributed by atoms with van der Waals surface area (Å²) in [6, 6.07) is 1.69. The van der Waals surface area contributed by atoms with Crippen molar-refractivity contribution in [3.05, 3.63) is 28.3 Å². The Hall–Kier alpha value is -2.19. The molecule has 0 radical (unpaired) electrons. The van der Waals surface area contributed by atoms with Gasteiger partial charge in [-0.3, -0.25) is 4.79 Å². The zero-order chi connectivity index (χ0) is 19.1. The van der Waals surface area contributed by atoms with E-state index in [9.17, 15) is 14.7 Å². The van der Waals surface area contributed by atoms with E-state index in [0.29, 0.717) is 12.3 Å². The molecular formula is C18H23N3O4S. The quantitative estimate of drug-likeness (QED) is 0.718. The van der Waals surface area contributed by atoms with Gasteiger partial charge in [-0.2, -0.15) is 0 Å². The number of carbonyl (C=O) groups excluding carboxylic acids is 1. The van der Waals surface area contributed by atoms with Crippen molar-refractivity contribution in [1.82, 2.24) is 15.3 Å².